The molecule has 0 aliphatic heterocycles. The topological polar surface area (TPSA) is 72.9 Å². The summed E-state index contributed by atoms with van der Waals surface area (Å²) in [6.07, 6.45) is 0. The van der Waals surface area contributed by atoms with Gasteiger partial charge in [0.25, 0.3) is 10.0 Å². The van der Waals surface area contributed by atoms with Gasteiger partial charge < -0.3 is 9.47 Å². The van der Waals surface area contributed by atoms with E-state index in [1.165, 1.54) is 38.4 Å². The van der Waals surface area contributed by atoms with E-state index in [1.54, 1.807) is 48.5 Å². The van der Waals surface area contributed by atoms with Crippen molar-refractivity contribution in [3.8, 4) is 11.5 Å². The number of benzene rings is 3. The Morgan fingerprint density at radius 3 is 2.31 bits per heavy atom. The van der Waals surface area contributed by atoms with Gasteiger partial charge in [-0.2, -0.15) is 0 Å². The fourth-order valence-electron chi connectivity index (χ4n) is 2.61. The van der Waals surface area contributed by atoms with E-state index in [2.05, 4.69) is 0 Å². The van der Waals surface area contributed by atoms with Crippen LogP contribution in [0.15, 0.2) is 77.7 Å². The van der Waals surface area contributed by atoms with Gasteiger partial charge in [0.15, 0.2) is 11.5 Å². The molecule has 0 fully saturated rings. The molecule has 0 spiro atoms. The third kappa shape index (κ3) is 4.52. The molecule has 6 nitrogen and oxygen atoms in total. The van der Waals surface area contributed by atoms with Crippen LogP contribution in [0.4, 0.5) is 5.69 Å². The lowest BCUT2D eigenvalue weighted by Crippen LogP contribution is -2.26. The van der Waals surface area contributed by atoms with Crippen molar-refractivity contribution >= 4 is 33.3 Å². The summed E-state index contributed by atoms with van der Waals surface area (Å²) in [6.45, 7) is 0. The summed E-state index contributed by atoms with van der Waals surface area (Å²) in [5.41, 5.74) is 0.496. The first-order valence-electron chi connectivity index (χ1n) is 8.52. The molecule has 0 aliphatic carbocycles. The van der Waals surface area contributed by atoms with E-state index in [0.717, 1.165) is 4.31 Å². The summed E-state index contributed by atoms with van der Waals surface area (Å²) < 4.78 is 37.6. The van der Waals surface area contributed by atoms with Crippen LogP contribution in [0.2, 0.25) is 5.02 Å². The third-order valence-corrected chi connectivity index (χ3v) is 6.19. The summed E-state index contributed by atoms with van der Waals surface area (Å²) in [5, 5.41) is 0.415. The Morgan fingerprint density at radius 2 is 1.62 bits per heavy atom. The Bertz CT molecular complexity index is 1150. The van der Waals surface area contributed by atoms with Crippen LogP contribution in [0.1, 0.15) is 10.4 Å². The average molecular weight is 432 g/mol. The molecule has 150 valence electrons. The number of ether oxygens (including phenoxy) is 2. The van der Waals surface area contributed by atoms with Crippen LogP contribution in [0, 0.1) is 0 Å². The van der Waals surface area contributed by atoms with Crippen molar-refractivity contribution in [2.45, 2.75) is 4.90 Å². The maximum atomic E-state index is 13.0. The lowest BCUT2D eigenvalue weighted by Gasteiger charge is -2.20. The van der Waals surface area contributed by atoms with Gasteiger partial charge in [0, 0.05) is 12.1 Å². The normalized spacial score (nSPS) is 11.0. The quantitative estimate of drug-likeness (QED) is 0.427. The number of hydrogen-bond acceptors (Lipinski definition) is 5. The van der Waals surface area contributed by atoms with Gasteiger partial charge in [-0.15, -0.1) is 0 Å². The number of carbonyl (C=O) groups is 1. The fourth-order valence-corrected chi connectivity index (χ4v) is 4.03. The zero-order valence-electron chi connectivity index (χ0n) is 15.7. The molecular formula is C21H18ClNO5S. The molecule has 0 heterocycles. The van der Waals surface area contributed by atoms with Gasteiger partial charge in [-0.3, -0.25) is 4.31 Å². The molecule has 0 radical (unpaired) electrons. The van der Waals surface area contributed by atoms with Crippen molar-refractivity contribution in [2.75, 3.05) is 18.5 Å². The van der Waals surface area contributed by atoms with Crippen LogP contribution in [0.25, 0.3) is 0 Å². The van der Waals surface area contributed by atoms with E-state index in [4.69, 9.17) is 21.1 Å². The van der Waals surface area contributed by atoms with Crippen molar-refractivity contribution in [2.24, 2.45) is 0 Å². The zero-order chi connectivity index (χ0) is 21.0. The van der Waals surface area contributed by atoms with E-state index in [-0.39, 0.29) is 16.2 Å². The molecular weight excluding hydrogens is 414 g/mol. The van der Waals surface area contributed by atoms with E-state index < -0.39 is 16.0 Å². The molecule has 3 rings (SSSR count). The number of carbonyl (C=O) groups excluding carboxylic acids is 1. The van der Waals surface area contributed by atoms with Gasteiger partial charge in [0.05, 0.1) is 23.3 Å². The molecule has 0 N–H and O–H groups in total. The largest absolute Gasteiger partial charge is 0.493 e. The van der Waals surface area contributed by atoms with E-state index in [0.29, 0.717) is 16.5 Å². The molecule has 0 saturated heterocycles. The van der Waals surface area contributed by atoms with E-state index in [9.17, 15) is 13.2 Å². The Labute approximate surface area is 174 Å². The third-order valence-electron chi connectivity index (χ3n) is 4.17. The van der Waals surface area contributed by atoms with Crippen LogP contribution in [-0.2, 0) is 10.0 Å². The number of rotatable bonds is 6. The van der Waals surface area contributed by atoms with Crippen LogP contribution in [-0.4, -0.2) is 28.5 Å². The van der Waals surface area contributed by atoms with E-state index >= 15 is 0 Å². The first-order chi connectivity index (χ1) is 13.8. The van der Waals surface area contributed by atoms with Gasteiger partial charge >= 0.3 is 5.97 Å². The number of sulfonamides is 1. The highest BCUT2D eigenvalue weighted by atomic mass is 35.5. The number of hydrogen-bond donors (Lipinski definition) is 0. The smallest absolute Gasteiger partial charge is 0.343 e. The first-order valence-corrected chi connectivity index (χ1v) is 10.3. The molecule has 0 saturated carbocycles. The molecule has 0 aliphatic rings. The second kappa shape index (κ2) is 8.55. The molecule has 0 unspecified atom stereocenters. The molecule has 0 amide bonds. The second-order valence-electron chi connectivity index (χ2n) is 6.02. The van der Waals surface area contributed by atoms with Crippen LogP contribution >= 0.6 is 11.6 Å². The maximum absolute atomic E-state index is 13.0. The molecule has 0 atom stereocenters. The minimum Gasteiger partial charge on any atom is -0.493 e. The molecule has 3 aromatic rings. The van der Waals surface area contributed by atoms with Crippen molar-refractivity contribution in [1.82, 2.24) is 0 Å². The van der Waals surface area contributed by atoms with Gasteiger partial charge in [-0.25, -0.2) is 13.2 Å². The Kier molecular flexibility index (Phi) is 6.10. The summed E-state index contributed by atoms with van der Waals surface area (Å²) in [7, 11) is -1.03. The number of nitrogens with zero attached hydrogens (tertiary/aromatic N) is 1. The Morgan fingerprint density at radius 1 is 0.931 bits per heavy atom. The van der Waals surface area contributed by atoms with Crippen LogP contribution in [0.5, 0.6) is 11.5 Å². The van der Waals surface area contributed by atoms with Gasteiger partial charge in [-0.1, -0.05) is 35.9 Å². The number of methoxy groups -OCH3 is 1. The highest BCUT2D eigenvalue weighted by molar-refractivity contribution is 7.92. The van der Waals surface area contributed by atoms with Crippen molar-refractivity contribution < 1.29 is 22.7 Å². The molecule has 0 bridgehead atoms. The summed E-state index contributed by atoms with van der Waals surface area (Å²) in [6, 6.07) is 18.8. The monoisotopic (exact) mass is 431 g/mol. The summed E-state index contributed by atoms with van der Waals surface area (Å²) in [5.74, 6) is -0.0634. The van der Waals surface area contributed by atoms with Crippen molar-refractivity contribution in [3.63, 3.8) is 0 Å². The SMILES string of the molecule is COc1ccccc1OC(=O)c1cccc(S(=O)(=O)N(C)c2cccc(Cl)c2)c1. The fraction of sp³-hybridized carbons (Fsp3) is 0.0952. The highest BCUT2D eigenvalue weighted by Gasteiger charge is 2.23. The van der Waals surface area contributed by atoms with E-state index in [1.807, 2.05) is 0 Å². The molecule has 3 aromatic carbocycles. The predicted octanol–water partition coefficient (Wildman–Crippen LogP) is 4.39. The lowest BCUT2D eigenvalue weighted by molar-refractivity contribution is 0.0729. The number of esters is 1. The minimum atomic E-state index is -3.91. The zero-order valence-corrected chi connectivity index (χ0v) is 17.3. The maximum Gasteiger partial charge on any atom is 0.343 e. The summed E-state index contributed by atoms with van der Waals surface area (Å²) >= 11 is 5.96. The standard InChI is InChI=1S/C21H18ClNO5S/c1-23(17-9-6-8-16(22)14-17)29(25,26)18-10-5-7-15(13-18)21(24)28-20-12-4-3-11-19(20)27-2/h3-14H,1-2H3. The van der Waals surface area contributed by atoms with Gasteiger partial charge in [-0.05, 0) is 48.5 Å². The Hall–Kier alpha value is -3.03. The van der Waals surface area contributed by atoms with Crippen LogP contribution < -0.4 is 13.8 Å². The number of anilines is 1. The van der Waals surface area contributed by atoms with Crippen LogP contribution in [0.3, 0.4) is 0 Å². The molecule has 8 heteroatoms. The molecule has 0 aromatic heterocycles. The lowest BCUT2D eigenvalue weighted by atomic mass is 10.2. The molecule has 29 heavy (non-hydrogen) atoms. The first kappa shape index (κ1) is 20.7. The minimum absolute atomic E-state index is 0.0468. The Balaban J connectivity index is 1.89. The average Bonchev–Trinajstić information content (AvgIpc) is 2.73. The number of halogens is 1. The second-order valence-corrected chi connectivity index (χ2v) is 8.43. The highest BCUT2D eigenvalue weighted by Crippen LogP contribution is 2.28. The van der Waals surface area contributed by atoms with Gasteiger partial charge in [0.2, 0.25) is 0 Å². The van der Waals surface area contributed by atoms with Crippen molar-refractivity contribution in [1.29, 1.82) is 0 Å². The van der Waals surface area contributed by atoms with Crippen molar-refractivity contribution in [3.05, 3.63) is 83.4 Å². The number of para-hydroxylation sites is 2. The predicted molar refractivity (Wildman–Crippen MR) is 111 cm³/mol. The summed E-state index contributed by atoms with van der Waals surface area (Å²) in [4.78, 5) is 12.5. The van der Waals surface area contributed by atoms with Gasteiger partial charge in [0.1, 0.15) is 0 Å².